The molecule has 0 radical (unpaired) electrons. The summed E-state index contributed by atoms with van der Waals surface area (Å²) in [7, 11) is 0. The van der Waals surface area contributed by atoms with E-state index in [1.807, 2.05) is 31.2 Å². The first-order valence-corrected chi connectivity index (χ1v) is 17.6. The van der Waals surface area contributed by atoms with E-state index in [-0.39, 0.29) is 25.0 Å². The van der Waals surface area contributed by atoms with Gasteiger partial charge in [0.25, 0.3) is 0 Å². The fourth-order valence-electron chi connectivity index (χ4n) is 4.86. The molecule has 7 N–H and O–H groups in total. The molecule has 14 heteroatoms. The summed E-state index contributed by atoms with van der Waals surface area (Å²) in [5.74, 6) is 6.84. The Bertz CT molecular complexity index is 1050. The molecule has 4 atom stereocenters. The zero-order valence-corrected chi connectivity index (χ0v) is 30.8. The van der Waals surface area contributed by atoms with Crippen molar-refractivity contribution in [3.05, 3.63) is 41.7 Å². The monoisotopic (exact) mass is 712 g/mol. The van der Waals surface area contributed by atoms with Crippen molar-refractivity contribution in [1.29, 1.82) is 0 Å². The maximum absolute atomic E-state index is 11.9. The van der Waals surface area contributed by atoms with Crippen LogP contribution in [0.25, 0.3) is 0 Å². The number of ether oxygens (including phenoxy) is 6. The number of hydrogen-bond acceptors (Lipinski definition) is 13. The van der Waals surface area contributed by atoms with Crippen LogP contribution in [0.3, 0.4) is 0 Å². The van der Waals surface area contributed by atoms with Crippen molar-refractivity contribution in [3.63, 3.8) is 0 Å². The van der Waals surface area contributed by atoms with E-state index >= 15 is 0 Å². The van der Waals surface area contributed by atoms with E-state index in [1.165, 1.54) is 11.2 Å². The third-order valence-corrected chi connectivity index (χ3v) is 7.27. The average Bonchev–Trinajstić information content (AvgIpc) is 3.04. The number of hydrazine groups is 1. The van der Waals surface area contributed by atoms with Crippen LogP contribution in [-0.4, -0.2) is 117 Å². The summed E-state index contributed by atoms with van der Waals surface area (Å²) < 4.78 is 33.4. The van der Waals surface area contributed by atoms with E-state index in [2.05, 4.69) is 12.2 Å². The van der Waals surface area contributed by atoms with E-state index in [0.29, 0.717) is 84.2 Å². The molecule has 0 aliphatic heterocycles. The van der Waals surface area contributed by atoms with Gasteiger partial charge in [0.1, 0.15) is 24.2 Å². The van der Waals surface area contributed by atoms with Gasteiger partial charge in [-0.3, -0.25) is 0 Å². The molecule has 1 rings (SSSR count). The van der Waals surface area contributed by atoms with Crippen LogP contribution in [0.15, 0.2) is 36.2 Å². The summed E-state index contributed by atoms with van der Waals surface area (Å²) in [6.07, 6.45) is 4.81. The summed E-state index contributed by atoms with van der Waals surface area (Å²) >= 11 is 0. The maximum atomic E-state index is 11.9. The molecule has 1 amide bonds. The molecule has 288 valence electrons. The number of rotatable bonds is 29. The lowest BCUT2D eigenvalue weighted by Gasteiger charge is -2.22. The molecular formula is C36H64N4O10. The highest BCUT2D eigenvalue weighted by Crippen LogP contribution is 2.17. The van der Waals surface area contributed by atoms with Gasteiger partial charge in [-0.25, -0.2) is 10.6 Å². The molecule has 0 saturated carbocycles. The molecule has 1 aromatic rings. The van der Waals surface area contributed by atoms with Gasteiger partial charge in [0.2, 0.25) is 0 Å². The van der Waals surface area contributed by atoms with Gasteiger partial charge in [-0.2, -0.15) is 0 Å². The van der Waals surface area contributed by atoms with Crippen LogP contribution in [0, 0.1) is 5.92 Å². The molecule has 50 heavy (non-hydrogen) atoms. The highest BCUT2D eigenvalue weighted by molar-refractivity contribution is 5.73. The largest absolute Gasteiger partial charge is 0.491 e. The quantitative estimate of drug-likeness (QED) is 0.0352. The number of carbonyl (C=O) groups excluding carboxylic acids is 2. The molecule has 1 aromatic carbocycles. The van der Waals surface area contributed by atoms with Crippen LogP contribution >= 0.6 is 0 Å². The van der Waals surface area contributed by atoms with Crippen molar-refractivity contribution in [3.8, 4) is 5.75 Å². The summed E-state index contributed by atoms with van der Waals surface area (Å²) in [5, 5.41) is 23.6. The van der Waals surface area contributed by atoms with Crippen LogP contribution in [0.2, 0.25) is 0 Å². The lowest BCUT2D eigenvalue weighted by Crippen LogP contribution is -2.41. The standard InChI is InChI=1S/C36H64N4O10/c1-6-7-30(26-41)23-33(43)22-28(2)48-14-12-29-8-10-34(11-9-29)49-21-20-47-19-18-46-17-16-45-15-13-40(38)25-31(37)24-32(27-42)39-35(44)50-36(3,4)5/h8-11,25,27-28,30,32-33,41,43H,6-7,12-24,26,37-38H2,1-5H3,(H,39,44)/b31-25-. The van der Waals surface area contributed by atoms with Gasteiger partial charge in [-0.1, -0.05) is 25.5 Å². The minimum atomic E-state index is -0.834. The Morgan fingerprint density at radius 2 is 1.60 bits per heavy atom. The second-order valence-electron chi connectivity index (χ2n) is 13.3. The number of carbonyl (C=O) groups is 2. The first kappa shape index (κ1) is 45.0. The highest BCUT2D eigenvalue weighted by Gasteiger charge is 2.20. The van der Waals surface area contributed by atoms with Gasteiger partial charge in [0, 0.05) is 24.9 Å². The van der Waals surface area contributed by atoms with Crippen molar-refractivity contribution in [1.82, 2.24) is 10.3 Å². The van der Waals surface area contributed by atoms with Gasteiger partial charge >= 0.3 is 6.09 Å². The van der Waals surface area contributed by atoms with Gasteiger partial charge in [0.05, 0.1) is 71.0 Å². The minimum absolute atomic E-state index is 0.0509. The smallest absolute Gasteiger partial charge is 0.408 e. The third-order valence-electron chi connectivity index (χ3n) is 7.27. The highest BCUT2D eigenvalue weighted by atomic mass is 16.6. The topological polar surface area (TPSA) is 197 Å². The molecule has 0 aliphatic rings. The number of aliphatic hydroxyl groups is 2. The Morgan fingerprint density at radius 1 is 0.980 bits per heavy atom. The first-order chi connectivity index (χ1) is 23.8. The van der Waals surface area contributed by atoms with Crippen LogP contribution in [0.1, 0.15) is 72.3 Å². The Labute approximate surface area is 298 Å². The Balaban J connectivity index is 2.06. The number of aldehydes is 1. The zero-order chi connectivity index (χ0) is 37.2. The number of alkyl carbamates (subject to hydrolysis) is 1. The second-order valence-corrected chi connectivity index (χ2v) is 13.3. The van der Waals surface area contributed by atoms with Crippen LogP contribution < -0.4 is 21.6 Å². The first-order valence-electron chi connectivity index (χ1n) is 17.6. The molecule has 0 bridgehead atoms. The van der Waals surface area contributed by atoms with Gasteiger partial charge in [-0.15, -0.1) is 0 Å². The zero-order valence-electron chi connectivity index (χ0n) is 30.8. The second kappa shape index (κ2) is 26.8. The van der Waals surface area contributed by atoms with E-state index in [0.717, 1.165) is 30.6 Å². The fourth-order valence-corrected chi connectivity index (χ4v) is 4.86. The molecule has 0 spiro atoms. The Morgan fingerprint density at radius 3 is 2.18 bits per heavy atom. The van der Waals surface area contributed by atoms with E-state index in [9.17, 15) is 19.8 Å². The number of nitrogens with two attached hydrogens (primary N) is 2. The van der Waals surface area contributed by atoms with Gasteiger partial charge in [0.15, 0.2) is 0 Å². The number of benzene rings is 1. The fraction of sp³-hybridized carbons (Fsp3) is 0.722. The van der Waals surface area contributed by atoms with Gasteiger partial charge < -0.3 is 59.5 Å². The summed E-state index contributed by atoms with van der Waals surface area (Å²) in [4.78, 5) is 23.2. The van der Waals surface area contributed by atoms with Crippen molar-refractivity contribution < 1.29 is 48.2 Å². The molecule has 0 aliphatic carbocycles. The number of hydrogen-bond donors (Lipinski definition) is 5. The number of nitrogens with one attached hydrogen (secondary N) is 1. The van der Waals surface area contributed by atoms with Crippen LogP contribution in [-0.2, 0) is 34.9 Å². The molecule has 0 heterocycles. The van der Waals surface area contributed by atoms with Crippen LogP contribution in [0.4, 0.5) is 4.79 Å². The summed E-state index contributed by atoms with van der Waals surface area (Å²) in [6.45, 7) is 13.1. The molecular weight excluding hydrogens is 648 g/mol. The average molecular weight is 713 g/mol. The summed E-state index contributed by atoms with van der Waals surface area (Å²) in [6, 6.07) is 7.06. The predicted octanol–water partition coefficient (Wildman–Crippen LogP) is 3.07. The van der Waals surface area contributed by atoms with E-state index in [1.54, 1.807) is 20.8 Å². The number of amides is 1. The number of nitrogens with zero attached hydrogens (tertiary/aromatic N) is 1. The Hall–Kier alpha value is -2.98. The Kier molecular flexibility index (Phi) is 24.1. The van der Waals surface area contributed by atoms with E-state index in [4.69, 9.17) is 40.0 Å². The lowest BCUT2D eigenvalue weighted by atomic mass is 9.95. The SMILES string of the molecule is CCCC(CO)CC(O)CC(C)OCCc1ccc(OCCOCCOCCOCCN(N)/C=C(\N)CC(C=O)NC(=O)OC(C)(C)C)cc1. The maximum Gasteiger partial charge on any atom is 0.408 e. The van der Waals surface area contributed by atoms with E-state index < -0.39 is 23.8 Å². The lowest BCUT2D eigenvalue weighted by molar-refractivity contribution is -0.109. The molecule has 0 saturated heterocycles. The molecule has 4 unspecified atom stereocenters. The van der Waals surface area contributed by atoms with Crippen molar-refractivity contribution in [2.24, 2.45) is 17.5 Å². The minimum Gasteiger partial charge on any atom is -0.491 e. The normalized spacial score (nSPS) is 14.4. The van der Waals surface area contributed by atoms with Crippen molar-refractivity contribution in [2.75, 3.05) is 66.0 Å². The molecule has 0 fully saturated rings. The molecule has 0 aromatic heterocycles. The number of aliphatic hydroxyl groups excluding tert-OH is 2. The predicted molar refractivity (Wildman–Crippen MR) is 191 cm³/mol. The molecule has 14 nitrogen and oxygen atoms in total. The van der Waals surface area contributed by atoms with Crippen molar-refractivity contribution in [2.45, 2.75) is 97.0 Å². The van der Waals surface area contributed by atoms with Crippen LogP contribution in [0.5, 0.6) is 5.75 Å². The third kappa shape index (κ3) is 24.2. The summed E-state index contributed by atoms with van der Waals surface area (Å²) in [5.41, 5.74) is 6.75. The van der Waals surface area contributed by atoms with Gasteiger partial charge in [-0.05, 0) is 77.0 Å². The van der Waals surface area contributed by atoms with Crippen molar-refractivity contribution >= 4 is 12.4 Å².